The third-order valence-corrected chi connectivity index (χ3v) is 4.65. The van der Waals surface area contributed by atoms with Crippen molar-refractivity contribution in [2.45, 2.75) is 32.4 Å². The second kappa shape index (κ2) is 7.11. The molecule has 0 saturated heterocycles. The zero-order chi connectivity index (χ0) is 14.5. The molecule has 1 unspecified atom stereocenters. The standard InChI is InChI=1S/C16H21ClN2S/c1-3-13(18)10-12-6-4-5-7-15(12)19(2)11-14-8-9-16(17)20-14/h4-9,13H,3,10-11,18H2,1-2H3. The fourth-order valence-electron chi connectivity index (χ4n) is 2.24. The van der Waals surface area contributed by atoms with E-state index in [9.17, 15) is 0 Å². The van der Waals surface area contributed by atoms with Crippen molar-refractivity contribution < 1.29 is 0 Å². The molecule has 0 saturated carbocycles. The Bertz CT molecular complexity index is 553. The van der Waals surface area contributed by atoms with E-state index in [2.05, 4.69) is 49.2 Å². The van der Waals surface area contributed by atoms with E-state index in [4.69, 9.17) is 17.3 Å². The van der Waals surface area contributed by atoms with Crippen LogP contribution in [0.1, 0.15) is 23.8 Å². The lowest BCUT2D eigenvalue weighted by molar-refractivity contribution is 0.645. The molecule has 1 aromatic heterocycles. The molecule has 2 nitrogen and oxygen atoms in total. The predicted molar refractivity (Wildman–Crippen MR) is 89.8 cm³/mol. The van der Waals surface area contributed by atoms with Gasteiger partial charge >= 0.3 is 0 Å². The average molecular weight is 309 g/mol. The molecule has 108 valence electrons. The van der Waals surface area contributed by atoms with Gasteiger partial charge in [-0.3, -0.25) is 0 Å². The maximum absolute atomic E-state index is 6.10. The SMILES string of the molecule is CCC(N)Cc1ccccc1N(C)Cc1ccc(Cl)s1. The Labute approximate surface area is 130 Å². The lowest BCUT2D eigenvalue weighted by atomic mass is 10.0. The van der Waals surface area contributed by atoms with Crippen molar-refractivity contribution in [2.24, 2.45) is 5.73 Å². The molecular weight excluding hydrogens is 288 g/mol. The first-order chi connectivity index (χ1) is 9.60. The fourth-order valence-corrected chi connectivity index (χ4v) is 3.38. The monoisotopic (exact) mass is 308 g/mol. The van der Waals surface area contributed by atoms with Crippen molar-refractivity contribution in [1.29, 1.82) is 0 Å². The number of para-hydroxylation sites is 1. The van der Waals surface area contributed by atoms with Crippen molar-refractivity contribution >= 4 is 28.6 Å². The molecule has 0 spiro atoms. The summed E-state index contributed by atoms with van der Waals surface area (Å²) in [6, 6.07) is 12.7. The van der Waals surface area contributed by atoms with E-state index >= 15 is 0 Å². The van der Waals surface area contributed by atoms with Crippen molar-refractivity contribution in [1.82, 2.24) is 0 Å². The van der Waals surface area contributed by atoms with Crippen LogP contribution in [0.4, 0.5) is 5.69 Å². The van der Waals surface area contributed by atoms with E-state index in [1.807, 2.05) is 6.07 Å². The summed E-state index contributed by atoms with van der Waals surface area (Å²) in [5.41, 5.74) is 8.66. The number of hydrogen-bond acceptors (Lipinski definition) is 3. The summed E-state index contributed by atoms with van der Waals surface area (Å²) in [6.07, 6.45) is 1.92. The number of anilines is 1. The first-order valence-corrected chi connectivity index (χ1v) is 8.08. The minimum absolute atomic E-state index is 0.223. The minimum atomic E-state index is 0.223. The summed E-state index contributed by atoms with van der Waals surface area (Å²) in [4.78, 5) is 3.53. The second-order valence-corrected chi connectivity index (χ2v) is 6.86. The normalized spacial score (nSPS) is 12.4. The predicted octanol–water partition coefficient (Wildman–Crippen LogP) is 4.32. The average Bonchev–Trinajstić information content (AvgIpc) is 2.84. The second-order valence-electron chi connectivity index (χ2n) is 5.06. The van der Waals surface area contributed by atoms with Crippen molar-refractivity contribution in [3.05, 3.63) is 51.2 Å². The molecular formula is C16H21ClN2S. The highest BCUT2D eigenvalue weighted by molar-refractivity contribution is 7.16. The topological polar surface area (TPSA) is 29.3 Å². The summed E-state index contributed by atoms with van der Waals surface area (Å²) in [5, 5.41) is 0. The van der Waals surface area contributed by atoms with E-state index in [1.165, 1.54) is 16.1 Å². The highest BCUT2D eigenvalue weighted by Crippen LogP contribution is 2.26. The molecule has 0 radical (unpaired) electrons. The Kier molecular flexibility index (Phi) is 5.46. The van der Waals surface area contributed by atoms with Crippen LogP contribution >= 0.6 is 22.9 Å². The van der Waals surface area contributed by atoms with Gasteiger partial charge in [0.05, 0.1) is 10.9 Å². The Balaban J connectivity index is 2.14. The molecule has 0 amide bonds. The quantitative estimate of drug-likeness (QED) is 0.861. The molecule has 1 atom stereocenters. The van der Waals surface area contributed by atoms with E-state index in [1.54, 1.807) is 11.3 Å². The van der Waals surface area contributed by atoms with Gasteiger partial charge in [-0.05, 0) is 36.6 Å². The summed E-state index contributed by atoms with van der Waals surface area (Å²) < 4.78 is 0.842. The number of halogens is 1. The molecule has 0 bridgehead atoms. The molecule has 0 aliphatic heterocycles. The molecule has 2 rings (SSSR count). The smallest absolute Gasteiger partial charge is 0.0931 e. The highest BCUT2D eigenvalue weighted by Gasteiger charge is 2.11. The summed E-state index contributed by atoms with van der Waals surface area (Å²) in [5.74, 6) is 0. The molecule has 1 heterocycles. The number of nitrogens with zero attached hydrogens (tertiary/aromatic N) is 1. The van der Waals surface area contributed by atoms with Crippen LogP contribution in [0.2, 0.25) is 4.34 Å². The Hall–Kier alpha value is -1.03. The zero-order valence-electron chi connectivity index (χ0n) is 12.0. The van der Waals surface area contributed by atoms with Gasteiger partial charge in [0.25, 0.3) is 0 Å². The molecule has 1 aromatic carbocycles. The van der Waals surface area contributed by atoms with E-state index in [-0.39, 0.29) is 6.04 Å². The van der Waals surface area contributed by atoms with Crippen molar-refractivity contribution in [3.63, 3.8) is 0 Å². The maximum atomic E-state index is 6.10. The molecule has 2 aromatic rings. The van der Waals surface area contributed by atoms with Gasteiger partial charge in [0.1, 0.15) is 0 Å². The third kappa shape index (κ3) is 3.98. The number of rotatable bonds is 6. The van der Waals surface area contributed by atoms with Crippen LogP contribution in [-0.2, 0) is 13.0 Å². The maximum Gasteiger partial charge on any atom is 0.0931 e. The van der Waals surface area contributed by atoms with E-state index in [0.29, 0.717) is 0 Å². The van der Waals surface area contributed by atoms with Gasteiger partial charge in [0.15, 0.2) is 0 Å². The van der Waals surface area contributed by atoms with Crippen LogP contribution in [0, 0.1) is 0 Å². The highest BCUT2D eigenvalue weighted by atomic mass is 35.5. The lowest BCUT2D eigenvalue weighted by Gasteiger charge is -2.23. The summed E-state index contributed by atoms with van der Waals surface area (Å²) >= 11 is 7.63. The number of nitrogens with two attached hydrogens (primary N) is 1. The fraction of sp³-hybridized carbons (Fsp3) is 0.375. The molecule has 0 aliphatic rings. The Morgan fingerprint density at radius 1 is 1.25 bits per heavy atom. The van der Waals surface area contributed by atoms with Crippen LogP contribution < -0.4 is 10.6 Å². The lowest BCUT2D eigenvalue weighted by Crippen LogP contribution is -2.24. The molecule has 2 N–H and O–H groups in total. The van der Waals surface area contributed by atoms with Crippen LogP contribution in [0.15, 0.2) is 36.4 Å². The van der Waals surface area contributed by atoms with Crippen LogP contribution in [0.3, 0.4) is 0 Å². The summed E-state index contributed by atoms with van der Waals surface area (Å²) in [7, 11) is 2.12. The number of thiophene rings is 1. The van der Waals surface area contributed by atoms with E-state index in [0.717, 1.165) is 23.7 Å². The minimum Gasteiger partial charge on any atom is -0.369 e. The number of hydrogen-bond donors (Lipinski definition) is 1. The first kappa shape index (κ1) is 15.4. The van der Waals surface area contributed by atoms with Crippen LogP contribution in [0.5, 0.6) is 0 Å². The van der Waals surface area contributed by atoms with Gasteiger partial charge < -0.3 is 10.6 Å². The van der Waals surface area contributed by atoms with Gasteiger partial charge in [-0.1, -0.05) is 36.7 Å². The van der Waals surface area contributed by atoms with Gasteiger partial charge in [-0.25, -0.2) is 0 Å². The zero-order valence-corrected chi connectivity index (χ0v) is 13.5. The van der Waals surface area contributed by atoms with Gasteiger partial charge in [0, 0.05) is 23.7 Å². The van der Waals surface area contributed by atoms with E-state index < -0.39 is 0 Å². The molecule has 20 heavy (non-hydrogen) atoms. The Morgan fingerprint density at radius 2 is 2.00 bits per heavy atom. The molecule has 0 aliphatic carbocycles. The number of benzene rings is 1. The molecule has 4 heteroatoms. The first-order valence-electron chi connectivity index (χ1n) is 6.89. The van der Waals surface area contributed by atoms with Gasteiger partial charge in [-0.2, -0.15) is 0 Å². The molecule has 0 fully saturated rings. The largest absolute Gasteiger partial charge is 0.369 e. The summed E-state index contributed by atoms with van der Waals surface area (Å²) in [6.45, 7) is 3.00. The van der Waals surface area contributed by atoms with Crippen molar-refractivity contribution in [3.8, 4) is 0 Å². The van der Waals surface area contributed by atoms with Gasteiger partial charge in [0.2, 0.25) is 0 Å². The van der Waals surface area contributed by atoms with Crippen LogP contribution in [0.25, 0.3) is 0 Å². The van der Waals surface area contributed by atoms with Crippen molar-refractivity contribution in [2.75, 3.05) is 11.9 Å². The Morgan fingerprint density at radius 3 is 2.65 bits per heavy atom. The third-order valence-electron chi connectivity index (χ3n) is 3.43. The van der Waals surface area contributed by atoms with Crippen LogP contribution in [-0.4, -0.2) is 13.1 Å². The van der Waals surface area contributed by atoms with Gasteiger partial charge in [-0.15, -0.1) is 11.3 Å².